The van der Waals surface area contributed by atoms with E-state index < -0.39 is 11.6 Å². The van der Waals surface area contributed by atoms with Crippen molar-refractivity contribution in [2.45, 2.75) is 6.54 Å². The van der Waals surface area contributed by atoms with Crippen molar-refractivity contribution in [3.05, 3.63) is 52.9 Å². The lowest BCUT2D eigenvalue weighted by atomic mass is 10.2. The summed E-state index contributed by atoms with van der Waals surface area (Å²) in [6, 6.07) is 5.28. The fourth-order valence-electron chi connectivity index (χ4n) is 1.31. The number of aromatic nitrogens is 2. The second-order valence-corrected chi connectivity index (χ2v) is 3.60. The second kappa shape index (κ2) is 5.05. The highest BCUT2D eigenvalue weighted by Gasteiger charge is 2.08. The van der Waals surface area contributed by atoms with Crippen LogP contribution in [-0.4, -0.2) is 9.97 Å². The lowest BCUT2D eigenvalue weighted by Crippen LogP contribution is -2.05. The average molecular weight is 256 g/mol. The molecule has 0 saturated heterocycles. The maximum Gasteiger partial charge on any atom is 0.224 e. The van der Waals surface area contributed by atoms with E-state index in [-0.39, 0.29) is 17.4 Å². The van der Waals surface area contributed by atoms with Gasteiger partial charge in [0.05, 0.1) is 0 Å². The molecule has 2 rings (SSSR count). The van der Waals surface area contributed by atoms with Gasteiger partial charge in [0.2, 0.25) is 5.28 Å². The SMILES string of the molecule is Fc1cccc(F)c1CNc1ccnc(Cl)n1. The van der Waals surface area contributed by atoms with E-state index in [1.807, 2.05) is 0 Å². The Morgan fingerprint density at radius 1 is 1.18 bits per heavy atom. The zero-order valence-corrected chi connectivity index (χ0v) is 9.38. The molecule has 0 radical (unpaired) electrons. The average Bonchev–Trinajstić information content (AvgIpc) is 2.28. The van der Waals surface area contributed by atoms with Crippen LogP contribution in [0.5, 0.6) is 0 Å². The van der Waals surface area contributed by atoms with Gasteiger partial charge in [0.1, 0.15) is 17.5 Å². The minimum atomic E-state index is -0.599. The first-order valence-corrected chi connectivity index (χ1v) is 5.20. The Bertz CT molecular complexity index is 514. The van der Waals surface area contributed by atoms with Gasteiger partial charge in [-0.05, 0) is 29.8 Å². The minimum absolute atomic E-state index is 0.00809. The van der Waals surface area contributed by atoms with Gasteiger partial charge in [-0.2, -0.15) is 0 Å². The van der Waals surface area contributed by atoms with Crippen LogP contribution in [0, 0.1) is 11.6 Å². The van der Waals surface area contributed by atoms with Crippen molar-refractivity contribution < 1.29 is 8.78 Å². The quantitative estimate of drug-likeness (QED) is 0.857. The Morgan fingerprint density at radius 2 is 1.88 bits per heavy atom. The fraction of sp³-hybridized carbons (Fsp3) is 0.0909. The lowest BCUT2D eigenvalue weighted by molar-refractivity contribution is 0.560. The smallest absolute Gasteiger partial charge is 0.224 e. The summed E-state index contributed by atoms with van der Waals surface area (Å²) in [4.78, 5) is 7.54. The van der Waals surface area contributed by atoms with E-state index in [2.05, 4.69) is 15.3 Å². The van der Waals surface area contributed by atoms with E-state index in [9.17, 15) is 8.78 Å². The first-order chi connectivity index (χ1) is 8.16. The number of nitrogens with zero attached hydrogens (tertiary/aromatic N) is 2. The Hall–Kier alpha value is -1.75. The van der Waals surface area contributed by atoms with Crippen molar-refractivity contribution in [1.29, 1.82) is 0 Å². The van der Waals surface area contributed by atoms with Gasteiger partial charge in [0.15, 0.2) is 0 Å². The summed E-state index contributed by atoms with van der Waals surface area (Å²) in [6.07, 6.45) is 1.45. The zero-order valence-electron chi connectivity index (χ0n) is 8.62. The number of anilines is 1. The molecule has 88 valence electrons. The predicted octanol–water partition coefficient (Wildman–Crippen LogP) is 3.02. The van der Waals surface area contributed by atoms with E-state index in [4.69, 9.17) is 11.6 Å². The molecule has 0 spiro atoms. The monoisotopic (exact) mass is 255 g/mol. The number of hydrogen-bond acceptors (Lipinski definition) is 3. The Labute approximate surface area is 101 Å². The van der Waals surface area contributed by atoms with Crippen molar-refractivity contribution in [3.63, 3.8) is 0 Å². The molecule has 1 N–H and O–H groups in total. The van der Waals surface area contributed by atoms with Crippen LogP contribution in [0.1, 0.15) is 5.56 Å². The van der Waals surface area contributed by atoms with Crippen molar-refractivity contribution in [2.24, 2.45) is 0 Å². The molecule has 0 amide bonds. The Kier molecular flexibility index (Phi) is 3.49. The Balaban J connectivity index is 2.13. The first kappa shape index (κ1) is 11.7. The number of nitrogens with one attached hydrogen (secondary N) is 1. The van der Waals surface area contributed by atoms with Gasteiger partial charge in [-0.1, -0.05) is 6.07 Å². The van der Waals surface area contributed by atoms with Crippen LogP contribution < -0.4 is 5.32 Å². The van der Waals surface area contributed by atoms with E-state index in [0.29, 0.717) is 5.82 Å². The maximum atomic E-state index is 13.3. The van der Waals surface area contributed by atoms with Crippen LogP contribution in [-0.2, 0) is 6.54 Å². The molecule has 0 atom stereocenters. The molecule has 0 unspecified atom stereocenters. The van der Waals surface area contributed by atoms with E-state index in [1.165, 1.54) is 24.4 Å². The molecule has 0 saturated carbocycles. The molecule has 1 aromatic heterocycles. The van der Waals surface area contributed by atoms with Crippen molar-refractivity contribution in [3.8, 4) is 0 Å². The normalized spacial score (nSPS) is 10.3. The maximum absolute atomic E-state index is 13.3. The summed E-state index contributed by atoms with van der Waals surface area (Å²) in [6.45, 7) is -0.00809. The number of halogens is 3. The highest BCUT2D eigenvalue weighted by molar-refractivity contribution is 6.28. The molecule has 0 aliphatic carbocycles. The van der Waals surface area contributed by atoms with Crippen LogP contribution in [0.4, 0.5) is 14.6 Å². The summed E-state index contributed by atoms with van der Waals surface area (Å²) in [5.74, 6) is -0.789. The van der Waals surface area contributed by atoms with Crippen LogP contribution in [0.25, 0.3) is 0 Å². The largest absolute Gasteiger partial charge is 0.366 e. The van der Waals surface area contributed by atoms with Gasteiger partial charge in [0, 0.05) is 18.3 Å². The molecule has 3 nitrogen and oxygen atoms in total. The van der Waals surface area contributed by atoms with Crippen molar-refractivity contribution in [2.75, 3.05) is 5.32 Å². The zero-order chi connectivity index (χ0) is 12.3. The molecule has 1 aromatic carbocycles. The number of benzene rings is 1. The number of rotatable bonds is 3. The lowest BCUT2D eigenvalue weighted by Gasteiger charge is -2.07. The predicted molar refractivity (Wildman–Crippen MR) is 60.7 cm³/mol. The van der Waals surface area contributed by atoms with Gasteiger partial charge >= 0.3 is 0 Å². The summed E-state index contributed by atoms with van der Waals surface area (Å²) in [7, 11) is 0. The fourth-order valence-corrected chi connectivity index (χ4v) is 1.46. The molecule has 0 bridgehead atoms. The van der Waals surface area contributed by atoms with Gasteiger partial charge in [0.25, 0.3) is 0 Å². The molecule has 17 heavy (non-hydrogen) atoms. The molecule has 0 aliphatic heterocycles. The highest BCUT2D eigenvalue weighted by atomic mass is 35.5. The molecule has 0 fully saturated rings. The molecule has 6 heteroatoms. The molecule has 1 heterocycles. The van der Waals surface area contributed by atoms with Crippen molar-refractivity contribution in [1.82, 2.24) is 9.97 Å². The van der Waals surface area contributed by atoms with E-state index in [1.54, 1.807) is 6.07 Å². The molecule has 0 aliphatic rings. The molecular weight excluding hydrogens is 248 g/mol. The van der Waals surface area contributed by atoms with Crippen LogP contribution in [0.3, 0.4) is 0 Å². The van der Waals surface area contributed by atoms with E-state index in [0.717, 1.165) is 0 Å². The van der Waals surface area contributed by atoms with Crippen molar-refractivity contribution >= 4 is 17.4 Å². The summed E-state index contributed by atoms with van der Waals surface area (Å²) < 4.78 is 26.6. The highest BCUT2D eigenvalue weighted by Crippen LogP contribution is 2.14. The summed E-state index contributed by atoms with van der Waals surface area (Å²) >= 11 is 5.58. The third kappa shape index (κ3) is 2.88. The second-order valence-electron chi connectivity index (χ2n) is 3.26. The number of hydrogen-bond donors (Lipinski definition) is 1. The molecular formula is C11H8ClF2N3. The first-order valence-electron chi connectivity index (χ1n) is 4.82. The minimum Gasteiger partial charge on any atom is -0.366 e. The summed E-state index contributed by atoms with van der Waals surface area (Å²) in [5, 5.41) is 2.84. The van der Waals surface area contributed by atoms with Crippen LogP contribution in [0.15, 0.2) is 30.5 Å². The van der Waals surface area contributed by atoms with Crippen LogP contribution >= 0.6 is 11.6 Å². The van der Waals surface area contributed by atoms with Gasteiger partial charge in [-0.15, -0.1) is 0 Å². The van der Waals surface area contributed by atoms with Gasteiger partial charge in [-0.3, -0.25) is 0 Å². The van der Waals surface area contributed by atoms with Crippen LogP contribution in [0.2, 0.25) is 5.28 Å². The Morgan fingerprint density at radius 3 is 2.53 bits per heavy atom. The van der Waals surface area contributed by atoms with Gasteiger partial charge in [-0.25, -0.2) is 18.7 Å². The standard InChI is InChI=1S/C11H8ClF2N3/c12-11-15-5-4-10(17-11)16-6-7-8(13)2-1-3-9(7)14/h1-5H,6H2,(H,15,16,17). The molecule has 2 aromatic rings. The third-order valence-electron chi connectivity index (χ3n) is 2.13. The van der Waals surface area contributed by atoms with Gasteiger partial charge < -0.3 is 5.32 Å². The van der Waals surface area contributed by atoms with E-state index >= 15 is 0 Å². The topological polar surface area (TPSA) is 37.8 Å². The summed E-state index contributed by atoms with van der Waals surface area (Å²) in [5.41, 5.74) is -0.0396. The third-order valence-corrected chi connectivity index (χ3v) is 2.32.